The Kier molecular flexibility index (Phi) is 6.63. The molecule has 0 aliphatic carbocycles. The zero-order chi connectivity index (χ0) is 39.2. The molecule has 0 bridgehead atoms. The fourth-order valence-electron chi connectivity index (χ4n) is 10.3. The third-order valence-electron chi connectivity index (χ3n) is 13.1. The summed E-state index contributed by atoms with van der Waals surface area (Å²) < 4.78 is 5.19. The number of nitrogens with zero attached hydrogens (tertiary/aromatic N) is 2. The van der Waals surface area contributed by atoms with Crippen molar-refractivity contribution in [3.8, 4) is 33.4 Å². The molecule has 278 valence electrons. The van der Waals surface area contributed by atoms with Crippen LogP contribution in [-0.4, -0.2) is 8.80 Å². The van der Waals surface area contributed by atoms with E-state index in [1.54, 1.807) is 0 Å². The van der Waals surface area contributed by atoms with Crippen LogP contribution in [0.4, 0.5) is 0 Å². The van der Waals surface area contributed by atoms with Gasteiger partial charge in [0.1, 0.15) is 0 Å². The topological polar surface area (TPSA) is 8.82 Å². The number of rotatable bonds is 3. The van der Waals surface area contributed by atoms with Gasteiger partial charge in [-0.2, -0.15) is 0 Å². The highest BCUT2D eigenvalue weighted by Gasteiger charge is 2.30. The molecule has 2 nitrogen and oxygen atoms in total. The molecule has 0 saturated carbocycles. The lowest BCUT2D eigenvalue weighted by atomic mass is 9.85. The predicted molar refractivity (Wildman–Crippen MR) is 249 cm³/mol. The molecule has 0 fully saturated rings. The van der Waals surface area contributed by atoms with Gasteiger partial charge in [0.25, 0.3) is 0 Å². The summed E-state index contributed by atoms with van der Waals surface area (Å²) in [6.07, 6.45) is 0. The summed E-state index contributed by atoms with van der Waals surface area (Å²) in [5.41, 5.74) is 17.9. The lowest BCUT2D eigenvalue weighted by Crippen LogP contribution is -2.10. The summed E-state index contributed by atoms with van der Waals surface area (Å²) in [4.78, 5) is 0. The van der Waals surface area contributed by atoms with Crippen molar-refractivity contribution >= 4 is 76.2 Å². The Morgan fingerprint density at radius 3 is 1.31 bits per heavy atom. The van der Waals surface area contributed by atoms with Crippen LogP contribution in [-0.2, 0) is 10.8 Å². The number of aromatic nitrogens is 2. The Hall–Kier alpha value is -6.64. The molecule has 2 heteroatoms. The normalized spacial score (nSPS) is 13.0. The van der Waals surface area contributed by atoms with E-state index in [0.29, 0.717) is 0 Å². The van der Waals surface area contributed by atoms with Gasteiger partial charge in [-0.05, 0) is 91.7 Å². The van der Waals surface area contributed by atoms with E-state index in [1.807, 2.05) is 0 Å². The highest BCUT2D eigenvalue weighted by molar-refractivity contribution is 6.45. The van der Waals surface area contributed by atoms with Gasteiger partial charge in [-0.15, -0.1) is 0 Å². The van der Waals surface area contributed by atoms with E-state index in [2.05, 4.69) is 208 Å². The lowest BCUT2D eigenvalue weighted by Gasteiger charge is -2.19. The van der Waals surface area contributed by atoms with Crippen LogP contribution in [0.1, 0.15) is 52.7 Å². The van der Waals surface area contributed by atoms with Crippen LogP contribution < -0.4 is 0 Å². The van der Waals surface area contributed by atoms with Crippen LogP contribution >= 0.6 is 0 Å². The second-order valence-corrected chi connectivity index (χ2v) is 18.5. The first-order valence-electron chi connectivity index (χ1n) is 20.7. The first kappa shape index (κ1) is 33.5. The molecule has 0 aliphatic heterocycles. The summed E-state index contributed by atoms with van der Waals surface area (Å²) >= 11 is 0. The molecule has 0 spiro atoms. The summed E-state index contributed by atoms with van der Waals surface area (Å²) in [7, 11) is 0. The summed E-state index contributed by atoms with van der Waals surface area (Å²) in [5, 5.41) is 10.7. The Morgan fingerprint density at radius 1 is 0.328 bits per heavy atom. The van der Waals surface area contributed by atoms with Crippen LogP contribution in [0.25, 0.3) is 110 Å². The maximum atomic E-state index is 2.62. The van der Waals surface area contributed by atoms with E-state index < -0.39 is 0 Å². The van der Waals surface area contributed by atoms with E-state index in [9.17, 15) is 0 Å². The van der Waals surface area contributed by atoms with Gasteiger partial charge < -0.3 is 8.80 Å². The van der Waals surface area contributed by atoms with Gasteiger partial charge in [-0.25, -0.2) is 0 Å². The predicted octanol–water partition coefficient (Wildman–Crippen LogP) is 15.6. The fraction of sp³-hybridized carbons (Fsp3) is 0.143. The minimum Gasteiger partial charge on any atom is -0.308 e. The van der Waals surface area contributed by atoms with Gasteiger partial charge >= 0.3 is 0 Å². The number of hydrogen-bond acceptors (Lipinski definition) is 0. The second-order valence-electron chi connectivity index (χ2n) is 18.5. The van der Waals surface area contributed by atoms with Gasteiger partial charge in [0, 0.05) is 43.1 Å². The third-order valence-corrected chi connectivity index (χ3v) is 13.1. The quantitative estimate of drug-likeness (QED) is 0.170. The molecule has 12 aromatic rings. The van der Waals surface area contributed by atoms with Crippen molar-refractivity contribution in [1.82, 2.24) is 8.80 Å². The van der Waals surface area contributed by atoms with Crippen LogP contribution in [0.15, 0.2) is 158 Å². The minimum absolute atomic E-state index is 0.0101. The molecule has 0 amide bonds. The largest absolute Gasteiger partial charge is 0.308 e. The van der Waals surface area contributed by atoms with E-state index in [1.165, 1.54) is 121 Å². The van der Waals surface area contributed by atoms with Crippen LogP contribution in [0.5, 0.6) is 0 Å². The van der Waals surface area contributed by atoms with Crippen molar-refractivity contribution in [1.29, 1.82) is 0 Å². The SMILES string of the molecule is CC(C)(C)c1ccc2c(c1)c1c3c4ccc(-c5c(-c6ccccc6)cccc5-c5ccccc5)cc4n4c5ccc(C(C)(C)C)cc5c(c5c6ccccc6n2c51)c34. The average molecular weight is 745 g/mol. The number of para-hydroxylation sites is 1. The Morgan fingerprint density at radius 2 is 0.776 bits per heavy atom. The minimum atomic E-state index is 0.0101. The molecule has 0 radical (unpaired) electrons. The molecule has 0 unspecified atom stereocenters. The zero-order valence-corrected chi connectivity index (χ0v) is 33.9. The number of fused-ring (bicyclic) bond motifs is 14. The van der Waals surface area contributed by atoms with Crippen molar-refractivity contribution in [2.45, 2.75) is 52.4 Å². The molecule has 0 N–H and O–H groups in total. The van der Waals surface area contributed by atoms with Gasteiger partial charge in [0.05, 0.1) is 33.1 Å². The van der Waals surface area contributed by atoms with Gasteiger partial charge in [0.15, 0.2) is 0 Å². The second kappa shape index (κ2) is 11.5. The van der Waals surface area contributed by atoms with Crippen molar-refractivity contribution in [2.24, 2.45) is 0 Å². The maximum absolute atomic E-state index is 2.62. The van der Waals surface area contributed by atoms with Crippen LogP contribution in [0, 0.1) is 0 Å². The monoisotopic (exact) mass is 744 g/mol. The zero-order valence-electron chi connectivity index (χ0n) is 33.9. The molecule has 12 rings (SSSR count). The Bertz CT molecular complexity index is 3550. The average Bonchev–Trinajstić information content (AvgIpc) is 3.96. The Balaban J connectivity index is 1.31. The number of benzene rings is 8. The van der Waals surface area contributed by atoms with Crippen molar-refractivity contribution in [3.63, 3.8) is 0 Å². The third kappa shape index (κ3) is 4.43. The molecule has 0 saturated heterocycles. The molecule has 4 heterocycles. The van der Waals surface area contributed by atoms with Crippen LogP contribution in [0.2, 0.25) is 0 Å². The number of hydrogen-bond donors (Lipinski definition) is 0. The van der Waals surface area contributed by atoms with E-state index >= 15 is 0 Å². The van der Waals surface area contributed by atoms with Crippen molar-refractivity contribution in [3.05, 3.63) is 169 Å². The lowest BCUT2D eigenvalue weighted by molar-refractivity contribution is 0.591. The van der Waals surface area contributed by atoms with Crippen LogP contribution in [0.3, 0.4) is 0 Å². The molecule has 8 aromatic carbocycles. The van der Waals surface area contributed by atoms with E-state index in [4.69, 9.17) is 0 Å². The summed E-state index contributed by atoms with van der Waals surface area (Å²) in [6.45, 7) is 14.0. The fourth-order valence-corrected chi connectivity index (χ4v) is 10.3. The maximum Gasteiger partial charge on any atom is 0.0634 e. The molecule has 4 aromatic heterocycles. The standard InChI is InChI=1S/C56H44N2/c1-55(2,3)36-25-28-45-42(31-36)52-50-41-27-24-35(48-38(33-16-9-7-10-17-33)21-15-22-39(48)34-18-11-8-12-19-34)30-47(41)58-46-29-26-37(56(4,5)6)32-43(46)51(54(50)58)49-40-20-13-14-23-44(40)57(45)53(49)52/h7-32H,1-6H3. The summed E-state index contributed by atoms with van der Waals surface area (Å²) in [6, 6.07) is 59.4. The van der Waals surface area contributed by atoms with Gasteiger partial charge in [-0.3, -0.25) is 0 Å². The first-order valence-corrected chi connectivity index (χ1v) is 20.7. The van der Waals surface area contributed by atoms with Crippen molar-refractivity contribution < 1.29 is 0 Å². The Labute approximate surface area is 338 Å². The highest BCUT2D eigenvalue weighted by Crippen LogP contribution is 2.53. The summed E-state index contributed by atoms with van der Waals surface area (Å²) in [5.74, 6) is 0. The van der Waals surface area contributed by atoms with Crippen molar-refractivity contribution in [2.75, 3.05) is 0 Å². The van der Waals surface area contributed by atoms with E-state index in [0.717, 1.165) is 0 Å². The molecular weight excluding hydrogens is 701 g/mol. The smallest absolute Gasteiger partial charge is 0.0634 e. The highest BCUT2D eigenvalue weighted by atomic mass is 14.9. The molecular formula is C56H44N2. The van der Waals surface area contributed by atoms with Gasteiger partial charge in [-0.1, -0.05) is 163 Å². The molecule has 0 atom stereocenters. The molecule has 58 heavy (non-hydrogen) atoms. The van der Waals surface area contributed by atoms with Gasteiger partial charge in [0.2, 0.25) is 0 Å². The first-order chi connectivity index (χ1) is 28.1. The molecule has 0 aliphatic rings. The van der Waals surface area contributed by atoms with E-state index in [-0.39, 0.29) is 10.8 Å².